The number of benzene rings is 1. The van der Waals surface area contributed by atoms with Gasteiger partial charge in [-0.2, -0.15) is 0 Å². The van der Waals surface area contributed by atoms with Crippen LogP contribution in [0.15, 0.2) is 16.6 Å². The van der Waals surface area contributed by atoms with Gasteiger partial charge >= 0.3 is 6.03 Å². The lowest BCUT2D eigenvalue weighted by atomic mass is 9.96. The number of carbonyl (C=O) groups is 1. The van der Waals surface area contributed by atoms with Crippen LogP contribution in [0.4, 0.5) is 14.9 Å². The first-order chi connectivity index (χ1) is 9.06. The Morgan fingerprint density at radius 2 is 2.00 bits per heavy atom. The number of nitrogens with one attached hydrogen (secondary N) is 2. The molecule has 104 valence electrons. The fraction of sp³-hybridized carbons (Fsp3) is 0.462. The third kappa shape index (κ3) is 4.08. The molecule has 19 heavy (non-hydrogen) atoms. The average molecular weight is 350 g/mol. The SMILES string of the molecule is O=C(Nc1c(Cl)cc(F)cc1Br)NC1CCCCC1. The van der Waals surface area contributed by atoms with Gasteiger partial charge in [-0.3, -0.25) is 0 Å². The quantitative estimate of drug-likeness (QED) is 0.798. The Balaban J connectivity index is 1.98. The highest BCUT2D eigenvalue weighted by Crippen LogP contribution is 2.31. The molecular formula is C13H15BrClFN2O. The number of urea groups is 1. The molecule has 6 heteroatoms. The van der Waals surface area contributed by atoms with E-state index in [0.29, 0.717) is 10.2 Å². The molecular weight excluding hydrogens is 335 g/mol. The highest BCUT2D eigenvalue weighted by atomic mass is 79.9. The molecule has 0 aromatic heterocycles. The Morgan fingerprint density at radius 3 is 2.63 bits per heavy atom. The van der Waals surface area contributed by atoms with E-state index in [2.05, 4.69) is 26.6 Å². The van der Waals surface area contributed by atoms with E-state index < -0.39 is 5.82 Å². The summed E-state index contributed by atoms with van der Waals surface area (Å²) in [5.41, 5.74) is 0.386. The normalized spacial score (nSPS) is 16.2. The van der Waals surface area contributed by atoms with Crippen LogP contribution in [0.5, 0.6) is 0 Å². The predicted octanol–water partition coefficient (Wildman–Crippen LogP) is 4.70. The molecule has 1 aliphatic rings. The Morgan fingerprint density at radius 1 is 1.32 bits per heavy atom. The number of halogens is 3. The van der Waals surface area contributed by atoms with Crippen LogP contribution in [0.25, 0.3) is 0 Å². The molecule has 0 unspecified atom stereocenters. The van der Waals surface area contributed by atoms with E-state index in [1.54, 1.807) is 0 Å². The molecule has 0 radical (unpaired) electrons. The van der Waals surface area contributed by atoms with Crippen LogP contribution in [0.2, 0.25) is 5.02 Å². The summed E-state index contributed by atoms with van der Waals surface area (Å²) >= 11 is 9.09. The smallest absolute Gasteiger partial charge is 0.319 e. The monoisotopic (exact) mass is 348 g/mol. The molecule has 1 saturated carbocycles. The Kier molecular flexibility index (Phi) is 5.05. The molecule has 2 N–H and O–H groups in total. The van der Waals surface area contributed by atoms with Crippen LogP contribution in [0.3, 0.4) is 0 Å². The molecule has 0 heterocycles. The molecule has 1 aromatic carbocycles. The summed E-state index contributed by atoms with van der Waals surface area (Å²) in [7, 11) is 0. The highest BCUT2D eigenvalue weighted by Gasteiger charge is 2.17. The second kappa shape index (κ2) is 6.57. The van der Waals surface area contributed by atoms with Gasteiger partial charge in [-0.15, -0.1) is 0 Å². The average Bonchev–Trinajstić information content (AvgIpc) is 2.35. The van der Waals surface area contributed by atoms with Gasteiger partial charge in [0.15, 0.2) is 0 Å². The lowest BCUT2D eigenvalue weighted by Crippen LogP contribution is -2.39. The van der Waals surface area contributed by atoms with E-state index in [9.17, 15) is 9.18 Å². The van der Waals surface area contributed by atoms with Gasteiger partial charge in [0, 0.05) is 10.5 Å². The fourth-order valence-corrected chi connectivity index (χ4v) is 3.14. The van der Waals surface area contributed by atoms with Gasteiger partial charge in [-0.05, 0) is 40.9 Å². The number of hydrogen-bond donors (Lipinski definition) is 2. The van der Waals surface area contributed by atoms with Gasteiger partial charge < -0.3 is 10.6 Å². The van der Waals surface area contributed by atoms with Gasteiger partial charge in [0.05, 0.1) is 10.7 Å². The van der Waals surface area contributed by atoms with E-state index >= 15 is 0 Å². The van der Waals surface area contributed by atoms with Crippen LogP contribution in [-0.2, 0) is 0 Å². The van der Waals surface area contributed by atoms with E-state index in [-0.39, 0.29) is 17.1 Å². The van der Waals surface area contributed by atoms with E-state index in [1.165, 1.54) is 18.6 Å². The Labute approximate surface area is 125 Å². The van der Waals surface area contributed by atoms with Crippen molar-refractivity contribution in [3.05, 3.63) is 27.4 Å². The van der Waals surface area contributed by atoms with Gasteiger partial charge in [0.1, 0.15) is 5.82 Å². The fourth-order valence-electron chi connectivity index (χ4n) is 2.24. The second-order valence-corrected chi connectivity index (χ2v) is 5.94. The first-order valence-corrected chi connectivity index (χ1v) is 7.45. The molecule has 0 spiro atoms. The summed E-state index contributed by atoms with van der Waals surface area (Å²) in [6.45, 7) is 0. The zero-order chi connectivity index (χ0) is 13.8. The lowest BCUT2D eigenvalue weighted by Gasteiger charge is -2.23. The molecule has 0 atom stereocenters. The third-order valence-electron chi connectivity index (χ3n) is 3.19. The van der Waals surface area contributed by atoms with Crippen molar-refractivity contribution >= 4 is 39.2 Å². The van der Waals surface area contributed by atoms with Crippen molar-refractivity contribution in [2.24, 2.45) is 0 Å². The van der Waals surface area contributed by atoms with Gasteiger partial charge in [0.2, 0.25) is 0 Å². The molecule has 0 aliphatic heterocycles. The van der Waals surface area contributed by atoms with Crippen LogP contribution < -0.4 is 10.6 Å². The summed E-state index contributed by atoms with van der Waals surface area (Å²) in [5, 5.41) is 5.74. The van der Waals surface area contributed by atoms with Crippen molar-refractivity contribution in [3.8, 4) is 0 Å². The van der Waals surface area contributed by atoms with Gasteiger partial charge in [-0.25, -0.2) is 9.18 Å². The number of rotatable bonds is 2. The maximum absolute atomic E-state index is 13.1. The molecule has 1 fully saturated rings. The number of anilines is 1. The van der Waals surface area contributed by atoms with Crippen molar-refractivity contribution in [2.45, 2.75) is 38.1 Å². The third-order valence-corrected chi connectivity index (χ3v) is 4.11. The minimum absolute atomic E-state index is 0.172. The molecule has 0 saturated heterocycles. The minimum Gasteiger partial charge on any atom is -0.335 e. The molecule has 1 aliphatic carbocycles. The zero-order valence-corrected chi connectivity index (χ0v) is 12.7. The van der Waals surface area contributed by atoms with Crippen molar-refractivity contribution < 1.29 is 9.18 Å². The van der Waals surface area contributed by atoms with Crippen molar-refractivity contribution in [1.82, 2.24) is 5.32 Å². The molecule has 0 bridgehead atoms. The first-order valence-electron chi connectivity index (χ1n) is 6.28. The highest BCUT2D eigenvalue weighted by molar-refractivity contribution is 9.10. The van der Waals surface area contributed by atoms with Gasteiger partial charge in [0.25, 0.3) is 0 Å². The number of carbonyl (C=O) groups excluding carboxylic acids is 1. The summed E-state index contributed by atoms with van der Waals surface area (Å²) in [6, 6.07) is 2.35. The molecule has 2 amide bonds. The second-order valence-electron chi connectivity index (χ2n) is 4.68. The molecule has 2 rings (SSSR count). The standard InChI is InChI=1S/C13H15BrClFN2O/c14-10-6-8(16)7-11(15)12(10)18-13(19)17-9-4-2-1-3-5-9/h6-7,9H,1-5H2,(H2,17,18,19). The Bertz CT molecular complexity index is 455. The van der Waals surface area contributed by atoms with E-state index in [4.69, 9.17) is 11.6 Å². The van der Waals surface area contributed by atoms with Crippen molar-refractivity contribution in [2.75, 3.05) is 5.32 Å². The largest absolute Gasteiger partial charge is 0.335 e. The summed E-state index contributed by atoms with van der Waals surface area (Å²) in [6.07, 6.45) is 5.53. The van der Waals surface area contributed by atoms with Crippen LogP contribution >= 0.6 is 27.5 Å². The maximum Gasteiger partial charge on any atom is 0.319 e. The van der Waals surface area contributed by atoms with E-state index in [0.717, 1.165) is 25.7 Å². The summed E-state index contributed by atoms with van der Waals surface area (Å²) < 4.78 is 13.5. The topological polar surface area (TPSA) is 41.1 Å². The molecule has 1 aromatic rings. The summed E-state index contributed by atoms with van der Waals surface area (Å²) in [5.74, 6) is -0.449. The lowest BCUT2D eigenvalue weighted by molar-refractivity contribution is 0.244. The Hall–Kier alpha value is -0.810. The zero-order valence-electron chi connectivity index (χ0n) is 10.3. The van der Waals surface area contributed by atoms with Crippen LogP contribution in [0, 0.1) is 5.82 Å². The van der Waals surface area contributed by atoms with Gasteiger partial charge in [-0.1, -0.05) is 30.9 Å². The van der Waals surface area contributed by atoms with Crippen LogP contribution in [0.1, 0.15) is 32.1 Å². The van der Waals surface area contributed by atoms with Crippen LogP contribution in [-0.4, -0.2) is 12.1 Å². The minimum atomic E-state index is -0.449. The number of hydrogen-bond acceptors (Lipinski definition) is 1. The molecule has 3 nitrogen and oxygen atoms in total. The first kappa shape index (κ1) is 14.6. The maximum atomic E-state index is 13.1. The van der Waals surface area contributed by atoms with Crippen molar-refractivity contribution in [1.29, 1.82) is 0 Å². The predicted molar refractivity (Wildman–Crippen MR) is 78.1 cm³/mol. The summed E-state index contributed by atoms with van der Waals surface area (Å²) in [4.78, 5) is 11.9. The van der Waals surface area contributed by atoms with E-state index in [1.807, 2.05) is 0 Å². The number of amides is 2. The van der Waals surface area contributed by atoms with Crippen molar-refractivity contribution in [3.63, 3.8) is 0 Å².